The minimum Gasteiger partial charge on any atom is -0.335 e. The number of amides is 1. The van der Waals surface area contributed by atoms with Crippen LogP contribution in [0.4, 0.5) is 8.78 Å². The molecule has 0 radical (unpaired) electrons. The Hall–Kier alpha value is -2.03. The average Bonchev–Trinajstić information content (AvgIpc) is 2.75. The van der Waals surface area contributed by atoms with Crippen LogP contribution >= 0.6 is 11.6 Å². The van der Waals surface area contributed by atoms with Gasteiger partial charge in [0.15, 0.2) is 11.6 Å². The summed E-state index contributed by atoms with van der Waals surface area (Å²) in [4.78, 5) is 14.2. The van der Waals surface area contributed by atoms with E-state index < -0.39 is 33.6 Å². The fourth-order valence-corrected chi connectivity index (χ4v) is 5.47. The van der Waals surface area contributed by atoms with Crippen molar-refractivity contribution in [2.45, 2.75) is 37.1 Å². The van der Waals surface area contributed by atoms with Crippen molar-refractivity contribution in [1.82, 2.24) is 9.21 Å². The number of halogens is 3. The van der Waals surface area contributed by atoms with Gasteiger partial charge in [0.2, 0.25) is 10.0 Å². The molecule has 1 atom stereocenters. The van der Waals surface area contributed by atoms with Crippen molar-refractivity contribution in [2.75, 3.05) is 20.1 Å². The summed E-state index contributed by atoms with van der Waals surface area (Å²) in [5, 5.41) is 0.0495. The molecule has 1 aliphatic heterocycles. The lowest BCUT2D eigenvalue weighted by atomic mass is 10.1. The molecule has 0 aromatic heterocycles. The number of hydrogen-bond acceptors (Lipinski definition) is 3. The molecule has 1 aliphatic rings. The van der Waals surface area contributed by atoms with Crippen molar-refractivity contribution >= 4 is 27.5 Å². The first-order valence-corrected chi connectivity index (χ1v) is 11.5. The molecule has 0 aliphatic carbocycles. The van der Waals surface area contributed by atoms with Crippen LogP contribution in [0.5, 0.6) is 0 Å². The fraction of sp³-hybridized carbons (Fsp3) is 0.381. The SMILES string of the molecule is CC(c1ccc(F)c(F)c1)N(C)C(=O)c1ccc(Cl)c(S(=O)(=O)N2CCCCC2)c1. The third-order valence-corrected chi connectivity index (χ3v) is 7.82. The smallest absolute Gasteiger partial charge is 0.254 e. The molecule has 9 heteroatoms. The second-order valence-corrected chi connectivity index (χ2v) is 9.69. The predicted molar refractivity (Wildman–Crippen MR) is 111 cm³/mol. The third-order valence-electron chi connectivity index (χ3n) is 5.44. The maximum Gasteiger partial charge on any atom is 0.254 e. The lowest BCUT2D eigenvalue weighted by Crippen LogP contribution is -2.36. The molecule has 3 rings (SSSR count). The van der Waals surface area contributed by atoms with Gasteiger partial charge >= 0.3 is 0 Å². The van der Waals surface area contributed by atoms with Gasteiger partial charge in [0.05, 0.1) is 11.1 Å². The summed E-state index contributed by atoms with van der Waals surface area (Å²) >= 11 is 6.17. The van der Waals surface area contributed by atoms with E-state index in [0.29, 0.717) is 18.7 Å². The monoisotopic (exact) mass is 456 g/mol. The number of rotatable bonds is 5. The van der Waals surface area contributed by atoms with Gasteiger partial charge in [-0.05, 0) is 55.7 Å². The highest BCUT2D eigenvalue weighted by Gasteiger charge is 2.29. The third kappa shape index (κ3) is 4.50. The summed E-state index contributed by atoms with van der Waals surface area (Å²) in [5.74, 6) is -2.43. The number of sulfonamides is 1. The summed E-state index contributed by atoms with van der Waals surface area (Å²) in [5.41, 5.74) is 0.562. The van der Waals surface area contributed by atoms with Crippen LogP contribution in [0.15, 0.2) is 41.3 Å². The van der Waals surface area contributed by atoms with Gasteiger partial charge in [-0.15, -0.1) is 0 Å². The minimum absolute atomic E-state index is 0.0495. The summed E-state index contributed by atoms with van der Waals surface area (Å²) < 4.78 is 54.2. The molecule has 1 heterocycles. The van der Waals surface area contributed by atoms with Crippen LogP contribution in [0, 0.1) is 11.6 Å². The first kappa shape index (κ1) is 22.7. The van der Waals surface area contributed by atoms with Gasteiger partial charge in [-0.25, -0.2) is 17.2 Å². The molecule has 0 N–H and O–H groups in total. The normalized spacial score (nSPS) is 16.3. The fourth-order valence-electron chi connectivity index (χ4n) is 3.45. The molecule has 1 saturated heterocycles. The Labute approximate surface area is 180 Å². The number of carbonyl (C=O) groups is 1. The van der Waals surface area contributed by atoms with Crippen LogP contribution in [0.2, 0.25) is 5.02 Å². The Morgan fingerprint density at radius 2 is 1.73 bits per heavy atom. The summed E-state index contributed by atoms with van der Waals surface area (Å²) in [6, 6.07) is 7.01. The highest BCUT2D eigenvalue weighted by Crippen LogP contribution is 2.29. The van der Waals surface area contributed by atoms with E-state index in [2.05, 4.69) is 0 Å². The van der Waals surface area contributed by atoms with Gasteiger partial charge in [-0.3, -0.25) is 4.79 Å². The second-order valence-electron chi connectivity index (χ2n) is 7.38. The summed E-state index contributed by atoms with van der Waals surface area (Å²) in [7, 11) is -2.30. The molecule has 2 aromatic carbocycles. The zero-order valence-corrected chi connectivity index (χ0v) is 18.3. The molecular formula is C21H23ClF2N2O3S. The quantitative estimate of drug-likeness (QED) is 0.659. The molecule has 30 heavy (non-hydrogen) atoms. The number of hydrogen-bond donors (Lipinski definition) is 0. The molecule has 5 nitrogen and oxygen atoms in total. The molecule has 2 aromatic rings. The van der Waals surface area contributed by atoms with Gasteiger partial charge in [-0.1, -0.05) is 24.1 Å². The molecular weight excluding hydrogens is 434 g/mol. The number of carbonyl (C=O) groups excluding carboxylic acids is 1. The van der Waals surface area contributed by atoms with E-state index in [-0.39, 0.29) is 15.5 Å². The van der Waals surface area contributed by atoms with Gasteiger partial charge in [0.1, 0.15) is 4.90 Å². The van der Waals surface area contributed by atoms with Crippen LogP contribution < -0.4 is 0 Å². The van der Waals surface area contributed by atoms with Crippen LogP contribution in [-0.4, -0.2) is 43.7 Å². The van der Waals surface area contributed by atoms with E-state index in [4.69, 9.17) is 11.6 Å². The van der Waals surface area contributed by atoms with Gasteiger partial charge in [-0.2, -0.15) is 4.31 Å². The van der Waals surface area contributed by atoms with Gasteiger partial charge in [0, 0.05) is 25.7 Å². The van der Waals surface area contributed by atoms with Crippen LogP contribution in [0.1, 0.15) is 48.1 Å². The zero-order chi connectivity index (χ0) is 22.1. The topological polar surface area (TPSA) is 57.7 Å². The maximum absolute atomic E-state index is 13.6. The molecule has 0 spiro atoms. The van der Waals surface area contributed by atoms with E-state index in [9.17, 15) is 22.0 Å². The van der Waals surface area contributed by atoms with Crippen molar-refractivity contribution in [3.05, 3.63) is 64.2 Å². The molecule has 1 unspecified atom stereocenters. The Balaban J connectivity index is 1.89. The highest BCUT2D eigenvalue weighted by atomic mass is 35.5. The first-order valence-electron chi connectivity index (χ1n) is 9.64. The first-order chi connectivity index (χ1) is 14.1. The maximum atomic E-state index is 13.6. The molecule has 1 amide bonds. The number of benzene rings is 2. The number of nitrogens with zero attached hydrogens (tertiary/aromatic N) is 2. The van der Waals surface area contributed by atoms with Crippen molar-refractivity contribution in [1.29, 1.82) is 0 Å². The van der Waals surface area contributed by atoms with Crippen LogP contribution in [-0.2, 0) is 10.0 Å². The molecule has 1 fully saturated rings. The predicted octanol–water partition coefficient (Wildman–Crippen LogP) is 4.63. The Kier molecular flexibility index (Phi) is 6.79. The van der Waals surface area contributed by atoms with Gasteiger partial charge in [0.25, 0.3) is 5.91 Å². The highest BCUT2D eigenvalue weighted by molar-refractivity contribution is 7.89. The Morgan fingerprint density at radius 3 is 2.37 bits per heavy atom. The Morgan fingerprint density at radius 1 is 1.07 bits per heavy atom. The standard InChI is InChI=1S/C21H23ClF2N2O3S/c1-14(15-7-9-18(23)19(24)12-15)25(2)21(27)16-6-8-17(22)20(13-16)30(28,29)26-10-4-3-5-11-26/h6-9,12-14H,3-5,10-11H2,1-2H3. The molecule has 162 valence electrons. The number of piperidine rings is 1. The van der Waals surface area contributed by atoms with E-state index in [1.54, 1.807) is 6.92 Å². The minimum atomic E-state index is -3.82. The van der Waals surface area contributed by atoms with Crippen molar-refractivity contribution < 1.29 is 22.0 Å². The van der Waals surface area contributed by atoms with Crippen molar-refractivity contribution in [3.8, 4) is 0 Å². The second kappa shape index (κ2) is 8.99. The van der Waals surface area contributed by atoms with Crippen molar-refractivity contribution in [3.63, 3.8) is 0 Å². The van der Waals surface area contributed by atoms with E-state index in [1.807, 2.05) is 0 Å². The lowest BCUT2D eigenvalue weighted by Gasteiger charge is -2.27. The molecule has 0 saturated carbocycles. The van der Waals surface area contributed by atoms with Gasteiger partial charge < -0.3 is 4.90 Å². The van der Waals surface area contributed by atoms with E-state index >= 15 is 0 Å². The summed E-state index contributed by atoms with van der Waals surface area (Å²) in [6.07, 6.45) is 2.54. The lowest BCUT2D eigenvalue weighted by molar-refractivity contribution is 0.0742. The zero-order valence-electron chi connectivity index (χ0n) is 16.7. The average molecular weight is 457 g/mol. The Bertz CT molecular complexity index is 1060. The largest absolute Gasteiger partial charge is 0.335 e. The van der Waals surface area contributed by atoms with Crippen LogP contribution in [0.3, 0.4) is 0 Å². The summed E-state index contributed by atoms with van der Waals surface area (Å²) in [6.45, 7) is 2.51. The van der Waals surface area contributed by atoms with Crippen molar-refractivity contribution in [2.24, 2.45) is 0 Å². The van der Waals surface area contributed by atoms with E-state index in [0.717, 1.165) is 31.4 Å². The van der Waals surface area contributed by atoms with E-state index in [1.165, 1.54) is 40.5 Å². The van der Waals surface area contributed by atoms with Crippen LogP contribution in [0.25, 0.3) is 0 Å². The molecule has 0 bridgehead atoms.